The molecule has 1 heterocycles. The molecule has 1 atom stereocenters. The number of carboxylic acid groups (broad SMARTS) is 1. The highest BCUT2D eigenvalue weighted by molar-refractivity contribution is 7.86. The maximum Gasteiger partial charge on any atom is 0.336 e. The van der Waals surface area contributed by atoms with E-state index in [0.29, 0.717) is 11.3 Å². The van der Waals surface area contributed by atoms with Crippen LogP contribution in [0.1, 0.15) is 31.4 Å². The highest BCUT2D eigenvalue weighted by atomic mass is 35.5. The number of hydrogen-bond acceptors (Lipinski definition) is 7. The summed E-state index contributed by atoms with van der Waals surface area (Å²) in [6, 6.07) is 10.5. The predicted molar refractivity (Wildman–Crippen MR) is 125 cm³/mol. The third-order valence-electron chi connectivity index (χ3n) is 5.39. The first-order valence-corrected chi connectivity index (χ1v) is 12.5. The second kappa shape index (κ2) is 11.8. The molecule has 0 spiro atoms. The SMILES string of the molecule is COc1ccc(CO[C@](Cc2cccnc2)(C(=O)O)C(C)(C)COS(=O)(=O)CCCCl)cc1. The molecule has 0 radical (unpaired) electrons. The Balaban J connectivity index is 2.36. The van der Waals surface area contributed by atoms with Gasteiger partial charge in [-0.25, -0.2) is 4.79 Å². The Hall–Kier alpha value is -2.20. The monoisotopic (exact) mass is 499 g/mol. The van der Waals surface area contributed by atoms with Crippen molar-refractivity contribution in [1.29, 1.82) is 0 Å². The van der Waals surface area contributed by atoms with Gasteiger partial charge in [0.25, 0.3) is 10.1 Å². The summed E-state index contributed by atoms with van der Waals surface area (Å²) >= 11 is 5.59. The Kier molecular flexibility index (Phi) is 9.66. The molecular weight excluding hydrogens is 470 g/mol. The smallest absolute Gasteiger partial charge is 0.336 e. The largest absolute Gasteiger partial charge is 0.497 e. The van der Waals surface area contributed by atoms with E-state index in [1.807, 2.05) is 0 Å². The van der Waals surface area contributed by atoms with Crippen molar-refractivity contribution in [3.8, 4) is 5.75 Å². The zero-order valence-electron chi connectivity index (χ0n) is 19.0. The number of methoxy groups -OCH3 is 1. The van der Waals surface area contributed by atoms with Crippen LogP contribution in [0.3, 0.4) is 0 Å². The Morgan fingerprint density at radius 2 is 1.85 bits per heavy atom. The molecule has 1 aromatic heterocycles. The molecule has 0 amide bonds. The van der Waals surface area contributed by atoms with Crippen LogP contribution in [0.2, 0.25) is 0 Å². The number of hydrogen-bond donors (Lipinski definition) is 1. The van der Waals surface area contributed by atoms with Crippen LogP contribution < -0.4 is 4.74 Å². The molecule has 0 saturated carbocycles. The van der Waals surface area contributed by atoms with Crippen molar-refractivity contribution in [2.75, 3.05) is 25.3 Å². The van der Waals surface area contributed by atoms with Crippen LogP contribution in [0, 0.1) is 5.41 Å². The zero-order chi connectivity index (χ0) is 24.5. The van der Waals surface area contributed by atoms with Crippen molar-refractivity contribution >= 4 is 27.7 Å². The van der Waals surface area contributed by atoms with Crippen molar-refractivity contribution in [3.63, 3.8) is 0 Å². The lowest BCUT2D eigenvalue weighted by Gasteiger charge is -2.43. The maximum atomic E-state index is 12.7. The summed E-state index contributed by atoms with van der Waals surface area (Å²) in [5.41, 5.74) is -1.68. The van der Waals surface area contributed by atoms with Crippen molar-refractivity contribution in [3.05, 3.63) is 59.9 Å². The first-order valence-electron chi connectivity index (χ1n) is 10.4. The number of pyridine rings is 1. The Bertz CT molecular complexity index is 997. The molecule has 0 fully saturated rings. The highest BCUT2D eigenvalue weighted by Gasteiger charge is 2.53. The van der Waals surface area contributed by atoms with Crippen LogP contribution in [0.25, 0.3) is 0 Å². The second-order valence-electron chi connectivity index (χ2n) is 8.26. The van der Waals surface area contributed by atoms with Gasteiger partial charge in [-0.1, -0.05) is 32.0 Å². The molecule has 2 rings (SSSR count). The van der Waals surface area contributed by atoms with Crippen LogP contribution in [0.15, 0.2) is 48.8 Å². The number of carbonyl (C=O) groups is 1. The first-order chi connectivity index (χ1) is 15.5. The minimum Gasteiger partial charge on any atom is -0.497 e. The summed E-state index contributed by atoms with van der Waals surface area (Å²) in [6.45, 7) is 2.83. The number of rotatable bonds is 14. The van der Waals surface area contributed by atoms with E-state index >= 15 is 0 Å². The van der Waals surface area contributed by atoms with E-state index in [4.69, 9.17) is 25.3 Å². The Labute approximate surface area is 200 Å². The molecule has 0 saturated heterocycles. The van der Waals surface area contributed by atoms with E-state index < -0.39 is 27.1 Å². The van der Waals surface area contributed by atoms with Crippen LogP contribution in [-0.2, 0) is 36.9 Å². The lowest BCUT2D eigenvalue weighted by molar-refractivity contribution is -0.192. The van der Waals surface area contributed by atoms with Crippen LogP contribution in [0.4, 0.5) is 0 Å². The zero-order valence-corrected chi connectivity index (χ0v) is 20.6. The number of aromatic nitrogens is 1. The van der Waals surface area contributed by atoms with Crippen LogP contribution in [0.5, 0.6) is 5.75 Å². The second-order valence-corrected chi connectivity index (χ2v) is 10.4. The van der Waals surface area contributed by atoms with Gasteiger partial charge in [0.15, 0.2) is 5.60 Å². The molecule has 8 nitrogen and oxygen atoms in total. The lowest BCUT2D eigenvalue weighted by Crippen LogP contribution is -2.57. The quantitative estimate of drug-likeness (QED) is 0.309. The van der Waals surface area contributed by atoms with Gasteiger partial charge in [-0.3, -0.25) is 9.17 Å². The van der Waals surface area contributed by atoms with Gasteiger partial charge in [-0.05, 0) is 35.7 Å². The highest BCUT2D eigenvalue weighted by Crippen LogP contribution is 2.39. The Morgan fingerprint density at radius 1 is 1.15 bits per heavy atom. The van der Waals surface area contributed by atoms with Gasteiger partial charge in [0, 0.05) is 30.1 Å². The van der Waals surface area contributed by atoms with Gasteiger partial charge in [0.1, 0.15) is 5.75 Å². The van der Waals surface area contributed by atoms with E-state index in [1.165, 1.54) is 0 Å². The van der Waals surface area contributed by atoms with Crippen LogP contribution in [-0.4, -0.2) is 55.4 Å². The number of benzene rings is 1. The average Bonchev–Trinajstić information content (AvgIpc) is 2.80. The lowest BCUT2D eigenvalue weighted by atomic mass is 9.72. The molecule has 0 unspecified atom stereocenters. The fourth-order valence-electron chi connectivity index (χ4n) is 3.27. The molecule has 33 heavy (non-hydrogen) atoms. The number of nitrogens with zero attached hydrogens (tertiary/aromatic N) is 1. The first kappa shape index (κ1) is 27.0. The Morgan fingerprint density at radius 3 is 2.39 bits per heavy atom. The molecule has 1 N–H and O–H groups in total. The summed E-state index contributed by atoms with van der Waals surface area (Å²) in [7, 11) is -2.32. The van der Waals surface area contributed by atoms with Gasteiger partial charge >= 0.3 is 5.97 Å². The minimum atomic E-state index is -3.87. The van der Waals surface area contributed by atoms with Crippen LogP contribution >= 0.6 is 11.6 Å². The van der Waals surface area contributed by atoms with Gasteiger partial charge in [-0.15, -0.1) is 11.6 Å². The van der Waals surface area contributed by atoms with Gasteiger partial charge in [0.05, 0.1) is 26.1 Å². The van der Waals surface area contributed by atoms with Gasteiger partial charge in [-0.2, -0.15) is 8.42 Å². The van der Waals surface area contributed by atoms with Crippen molar-refractivity contribution in [2.45, 2.75) is 38.9 Å². The summed E-state index contributed by atoms with van der Waals surface area (Å²) in [5, 5.41) is 10.4. The van der Waals surface area contributed by atoms with Crippen molar-refractivity contribution in [1.82, 2.24) is 4.98 Å². The van der Waals surface area contributed by atoms with E-state index in [1.54, 1.807) is 69.7 Å². The van der Waals surface area contributed by atoms with E-state index in [-0.39, 0.29) is 37.7 Å². The molecule has 0 aliphatic heterocycles. The molecule has 10 heteroatoms. The fourth-order valence-corrected chi connectivity index (χ4v) is 4.66. The van der Waals surface area contributed by atoms with E-state index in [0.717, 1.165) is 5.56 Å². The predicted octanol–water partition coefficient (Wildman–Crippen LogP) is 3.67. The molecule has 0 bridgehead atoms. The number of alkyl halides is 1. The van der Waals surface area contributed by atoms with Gasteiger partial charge in [0.2, 0.25) is 0 Å². The third-order valence-corrected chi connectivity index (χ3v) is 6.92. The molecule has 1 aromatic carbocycles. The number of aliphatic carboxylic acids is 1. The summed E-state index contributed by atoms with van der Waals surface area (Å²) in [6.07, 6.45) is 3.34. The fraction of sp³-hybridized carbons (Fsp3) is 0.478. The van der Waals surface area contributed by atoms with Crippen molar-refractivity contribution in [2.24, 2.45) is 5.41 Å². The molecule has 0 aliphatic rings. The number of ether oxygens (including phenoxy) is 2. The van der Waals surface area contributed by atoms with E-state index in [2.05, 4.69) is 4.98 Å². The number of halogens is 1. The number of carboxylic acids is 1. The molecule has 182 valence electrons. The molecular formula is C23H30ClNO7S. The summed E-state index contributed by atoms with van der Waals surface area (Å²) in [4.78, 5) is 16.8. The summed E-state index contributed by atoms with van der Waals surface area (Å²) < 4.78 is 40.9. The third kappa shape index (κ3) is 7.40. The minimum absolute atomic E-state index is 0.0149. The van der Waals surface area contributed by atoms with E-state index in [9.17, 15) is 18.3 Å². The molecule has 2 aromatic rings. The topological polar surface area (TPSA) is 112 Å². The van der Waals surface area contributed by atoms with Gasteiger partial charge < -0.3 is 14.6 Å². The maximum absolute atomic E-state index is 12.7. The average molecular weight is 500 g/mol. The summed E-state index contributed by atoms with van der Waals surface area (Å²) in [5.74, 6) is -0.639. The normalized spacial score (nSPS) is 13.9. The van der Waals surface area contributed by atoms with Crippen molar-refractivity contribution < 1.29 is 32.0 Å². The molecule has 0 aliphatic carbocycles. The standard InChI is InChI=1S/C23H30ClNO7S/c1-22(2,17-32-33(28,29)13-5-11-24)23(21(26)27,14-19-6-4-12-25-15-19)31-16-18-7-9-20(30-3)10-8-18/h4,6-10,12,15H,5,11,13-14,16-17H2,1-3H3,(H,26,27)/t23-/m1/s1.